The smallest absolute Gasteiger partial charge is 0.261 e. The van der Waals surface area contributed by atoms with E-state index in [0.717, 1.165) is 43.9 Å². The summed E-state index contributed by atoms with van der Waals surface area (Å²) in [5.41, 5.74) is 1.76. The lowest BCUT2D eigenvalue weighted by Gasteiger charge is -2.35. The number of carbonyl (C=O) groups excluding carboxylic acids is 1. The van der Waals surface area contributed by atoms with Crippen LogP contribution in [0.5, 0.6) is 0 Å². The Morgan fingerprint density at radius 1 is 0.914 bits per heavy atom. The van der Waals surface area contributed by atoms with E-state index in [1.165, 1.54) is 24.3 Å². The van der Waals surface area contributed by atoms with Crippen LogP contribution in [0.1, 0.15) is 22.0 Å². The maximum absolute atomic E-state index is 13.1. The third-order valence-electron chi connectivity index (χ3n) is 6.07. The van der Waals surface area contributed by atoms with Gasteiger partial charge in [0.05, 0.1) is 10.9 Å². The third-order valence-corrected chi connectivity index (χ3v) is 7.46. The van der Waals surface area contributed by atoms with Crippen LogP contribution in [0, 0.1) is 5.82 Å². The molecule has 0 aromatic heterocycles. The summed E-state index contributed by atoms with van der Waals surface area (Å²) in [5, 5.41) is 3.14. The highest BCUT2D eigenvalue weighted by atomic mass is 32.2. The van der Waals surface area contributed by atoms with E-state index >= 15 is 0 Å². The molecule has 1 saturated heterocycles. The van der Waals surface area contributed by atoms with E-state index in [1.54, 1.807) is 12.1 Å². The number of piperazine rings is 1. The quantitative estimate of drug-likeness (QED) is 0.500. The zero-order valence-corrected chi connectivity index (χ0v) is 20.3. The molecule has 1 heterocycles. The fourth-order valence-electron chi connectivity index (χ4n) is 3.97. The Bertz CT molecular complexity index is 1230. The number of sulfonamides is 1. The van der Waals surface area contributed by atoms with Crippen molar-refractivity contribution in [2.45, 2.75) is 10.9 Å². The lowest BCUT2D eigenvalue weighted by Crippen LogP contribution is -2.47. The van der Waals surface area contributed by atoms with Crippen molar-refractivity contribution in [3.63, 3.8) is 0 Å². The highest BCUT2D eigenvalue weighted by molar-refractivity contribution is 7.92. The Labute approximate surface area is 205 Å². The molecule has 1 atom stereocenters. The normalized spacial score (nSPS) is 15.9. The maximum atomic E-state index is 13.1. The van der Waals surface area contributed by atoms with E-state index in [1.807, 2.05) is 30.3 Å². The van der Waals surface area contributed by atoms with E-state index in [4.69, 9.17) is 0 Å². The Balaban J connectivity index is 1.44. The van der Waals surface area contributed by atoms with E-state index < -0.39 is 15.8 Å². The molecule has 184 valence electrons. The second-order valence-corrected chi connectivity index (χ2v) is 10.4. The van der Waals surface area contributed by atoms with Gasteiger partial charge in [-0.15, -0.1) is 0 Å². The molecule has 9 heteroatoms. The van der Waals surface area contributed by atoms with Crippen molar-refractivity contribution >= 4 is 21.6 Å². The van der Waals surface area contributed by atoms with E-state index in [-0.39, 0.29) is 16.8 Å². The molecule has 4 rings (SSSR count). The summed E-state index contributed by atoms with van der Waals surface area (Å²) in [7, 11) is -1.76. The van der Waals surface area contributed by atoms with Crippen molar-refractivity contribution in [2.24, 2.45) is 0 Å². The number of nitrogens with zero attached hydrogens (tertiary/aromatic N) is 2. The van der Waals surface area contributed by atoms with Crippen LogP contribution >= 0.6 is 0 Å². The van der Waals surface area contributed by atoms with Gasteiger partial charge < -0.3 is 10.2 Å². The second kappa shape index (κ2) is 11.0. The molecule has 1 unspecified atom stereocenters. The number of halogens is 1. The molecular weight excluding hydrogens is 467 g/mol. The van der Waals surface area contributed by atoms with Crippen molar-refractivity contribution in [3.8, 4) is 0 Å². The van der Waals surface area contributed by atoms with Gasteiger partial charge in [-0.3, -0.25) is 14.4 Å². The number of hydrogen-bond donors (Lipinski definition) is 2. The van der Waals surface area contributed by atoms with Crippen molar-refractivity contribution < 1.29 is 17.6 Å². The minimum atomic E-state index is -3.86. The summed E-state index contributed by atoms with van der Waals surface area (Å²) in [6.45, 7) is 4.58. The number of nitrogens with one attached hydrogen (secondary N) is 2. The van der Waals surface area contributed by atoms with Gasteiger partial charge in [-0.1, -0.05) is 30.3 Å². The van der Waals surface area contributed by atoms with Gasteiger partial charge in [0.15, 0.2) is 0 Å². The largest absolute Gasteiger partial charge is 0.344 e. The lowest BCUT2D eigenvalue weighted by molar-refractivity contribution is 0.0907. The SMILES string of the molecule is CN1CCN(CC(NC(=O)c2ccc(NS(=O)(=O)c3ccc(F)cc3)cc2)c2ccccc2)CC1. The Hall–Kier alpha value is -3.27. The third kappa shape index (κ3) is 6.66. The lowest BCUT2D eigenvalue weighted by atomic mass is 10.0. The van der Waals surface area contributed by atoms with Crippen LogP contribution in [0.25, 0.3) is 0 Å². The Morgan fingerprint density at radius 3 is 2.17 bits per heavy atom. The predicted molar refractivity (Wildman–Crippen MR) is 134 cm³/mol. The molecule has 0 bridgehead atoms. The molecule has 7 nitrogen and oxygen atoms in total. The van der Waals surface area contributed by atoms with Gasteiger partial charge in [-0.25, -0.2) is 12.8 Å². The van der Waals surface area contributed by atoms with Gasteiger partial charge in [-0.2, -0.15) is 0 Å². The molecule has 3 aromatic rings. The molecule has 1 fully saturated rings. The van der Waals surface area contributed by atoms with E-state index in [9.17, 15) is 17.6 Å². The summed E-state index contributed by atoms with van der Waals surface area (Å²) >= 11 is 0. The Kier molecular flexibility index (Phi) is 7.80. The van der Waals surface area contributed by atoms with Crippen LogP contribution in [0.3, 0.4) is 0 Å². The van der Waals surface area contributed by atoms with Crippen LogP contribution in [0.15, 0.2) is 83.8 Å². The van der Waals surface area contributed by atoms with Crippen molar-refractivity contribution in [1.29, 1.82) is 0 Å². The molecular formula is C26H29FN4O3S. The summed E-state index contributed by atoms with van der Waals surface area (Å²) < 4.78 is 40.6. The summed E-state index contributed by atoms with van der Waals surface area (Å²) in [5.74, 6) is -0.748. The molecule has 0 radical (unpaired) electrons. The zero-order chi connectivity index (χ0) is 24.8. The van der Waals surface area contributed by atoms with Crippen LogP contribution < -0.4 is 10.0 Å². The number of anilines is 1. The summed E-state index contributed by atoms with van der Waals surface area (Å²) in [6, 6.07) is 20.5. The van der Waals surface area contributed by atoms with Crippen LogP contribution in [0.2, 0.25) is 0 Å². The van der Waals surface area contributed by atoms with Gasteiger partial charge in [0.25, 0.3) is 15.9 Å². The minimum Gasteiger partial charge on any atom is -0.344 e. The average molecular weight is 497 g/mol. The first kappa shape index (κ1) is 24.8. The molecule has 0 saturated carbocycles. The fourth-order valence-corrected chi connectivity index (χ4v) is 5.03. The fraction of sp³-hybridized carbons (Fsp3) is 0.269. The van der Waals surface area contributed by atoms with Gasteiger partial charge in [-0.05, 0) is 61.1 Å². The Morgan fingerprint density at radius 2 is 1.54 bits per heavy atom. The van der Waals surface area contributed by atoms with Gasteiger partial charge in [0, 0.05) is 44.0 Å². The minimum absolute atomic E-state index is 0.0460. The van der Waals surface area contributed by atoms with E-state index in [0.29, 0.717) is 17.8 Å². The van der Waals surface area contributed by atoms with Crippen LogP contribution in [-0.2, 0) is 10.0 Å². The highest BCUT2D eigenvalue weighted by Crippen LogP contribution is 2.19. The van der Waals surface area contributed by atoms with Crippen molar-refractivity contribution in [1.82, 2.24) is 15.1 Å². The standard InChI is InChI=1S/C26H29FN4O3S/c1-30-15-17-31(18-16-30)19-25(20-5-3-2-4-6-20)28-26(32)21-7-11-23(12-8-21)29-35(33,34)24-13-9-22(27)10-14-24/h2-14,25,29H,15-19H2,1H3,(H,28,32). The topological polar surface area (TPSA) is 81.8 Å². The molecule has 1 aliphatic heterocycles. The number of rotatable bonds is 8. The number of amides is 1. The number of likely N-dealkylation sites (N-methyl/N-ethyl adjacent to an activating group) is 1. The summed E-state index contributed by atoms with van der Waals surface area (Å²) in [6.07, 6.45) is 0. The monoisotopic (exact) mass is 496 g/mol. The maximum Gasteiger partial charge on any atom is 0.261 e. The number of hydrogen-bond acceptors (Lipinski definition) is 5. The van der Waals surface area contributed by atoms with Crippen molar-refractivity contribution in [2.75, 3.05) is 44.5 Å². The molecule has 2 N–H and O–H groups in total. The second-order valence-electron chi connectivity index (χ2n) is 8.68. The molecule has 1 aliphatic rings. The number of benzene rings is 3. The van der Waals surface area contributed by atoms with Gasteiger partial charge in [0.1, 0.15) is 5.82 Å². The molecule has 0 spiro atoms. The number of carbonyl (C=O) groups is 1. The first-order chi connectivity index (χ1) is 16.8. The molecule has 1 amide bonds. The van der Waals surface area contributed by atoms with Gasteiger partial charge >= 0.3 is 0 Å². The highest BCUT2D eigenvalue weighted by Gasteiger charge is 2.22. The average Bonchev–Trinajstić information content (AvgIpc) is 2.86. The first-order valence-electron chi connectivity index (χ1n) is 11.5. The molecule has 0 aliphatic carbocycles. The van der Waals surface area contributed by atoms with E-state index in [2.05, 4.69) is 26.9 Å². The van der Waals surface area contributed by atoms with Crippen LogP contribution in [0.4, 0.5) is 10.1 Å². The van der Waals surface area contributed by atoms with Crippen molar-refractivity contribution in [3.05, 3.63) is 95.8 Å². The first-order valence-corrected chi connectivity index (χ1v) is 12.9. The zero-order valence-electron chi connectivity index (χ0n) is 19.5. The summed E-state index contributed by atoms with van der Waals surface area (Å²) in [4.78, 5) is 17.7. The van der Waals surface area contributed by atoms with Gasteiger partial charge in [0.2, 0.25) is 0 Å². The van der Waals surface area contributed by atoms with Crippen LogP contribution in [-0.4, -0.2) is 63.9 Å². The predicted octanol–water partition coefficient (Wildman–Crippen LogP) is 3.35. The molecule has 3 aromatic carbocycles. The molecule has 35 heavy (non-hydrogen) atoms.